The van der Waals surface area contributed by atoms with Crippen molar-refractivity contribution in [2.75, 3.05) is 0 Å². The third-order valence-electron chi connectivity index (χ3n) is 2.32. The molecule has 2 aromatic rings. The minimum absolute atomic E-state index is 0.0683. The number of nitrogens with two attached hydrogens (primary N) is 1. The van der Waals surface area contributed by atoms with Crippen molar-refractivity contribution in [3.05, 3.63) is 36.2 Å². The van der Waals surface area contributed by atoms with Gasteiger partial charge in [-0.1, -0.05) is 0 Å². The molecule has 1 aromatic heterocycles. The molecule has 0 bridgehead atoms. The Morgan fingerprint density at radius 3 is 2.78 bits per heavy atom. The highest BCUT2D eigenvalue weighted by Crippen LogP contribution is 2.25. The topological polar surface area (TPSA) is 61.3 Å². The van der Waals surface area contributed by atoms with Crippen molar-refractivity contribution < 1.29 is 13.5 Å². The standard InChI is InChI=1S/C13H15FN2O2/c1-8(2)18-12-4-3-9(5-10(12)14)11-7-17-13(6-15)16-11/h3-5,7-8H,6,15H2,1-2H3. The van der Waals surface area contributed by atoms with Gasteiger partial charge >= 0.3 is 0 Å². The second kappa shape index (κ2) is 5.18. The Morgan fingerprint density at radius 2 is 2.22 bits per heavy atom. The van der Waals surface area contributed by atoms with Gasteiger partial charge in [-0.2, -0.15) is 0 Å². The van der Waals surface area contributed by atoms with Gasteiger partial charge in [0.25, 0.3) is 0 Å². The maximum Gasteiger partial charge on any atom is 0.208 e. The zero-order chi connectivity index (χ0) is 13.1. The lowest BCUT2D eigenvalue weighted by Crippen LogP contribution is -2.06. The molecule has 4 nitrogen and oxygen atoms in total. The summed E-state index contributed by atoms with van der Waals surface area (Å²) in [6.45, 7) is 3.91. The molecule has 1 aromatic carbocycles. The minimum atomic E-state index is -0.418. The van der Waals surface area contributed by atoms with Crippen LogP contribution in [-0.2, 0) is 6.54 Å². The monoisotopic (exact) mass is 250 g/mol. The summed E-state index contributed by atoms with van der Waals surface area (Å²) in [4.78, 5) is 4.13. The summed E-state index contributed by atoms with van der Waals surface area (Å²) >= 11 is 0. The molecule has 0 saturated heterocycles. The van der Waals surface area contributed by atoms with Crippen LogP contribution in [0.1, 0.15) is 19.7 Å². The van der Waals surface area contributed by atoms with E-state index in [9.17, 15) is 4.39 Å². The van der Waals surface area contributed by atoms with Gasteiger partial charge in [0.1, 0.15) is 12.0 Å². The van der Waals surface area contributed by atoms with Gasteiger partial charge in [0.2, 0.25) is 5.89 Å². The summed E-state index contributed by atoms with van der Waals surface area (Å²) in [5.41, 5.74) is 6.59. The quantitative estimate of drug-likeness (QED) is 0.906. The molecule has 2 rings (SSSR count). The zero-order valence-corrected chi connectivity index (χ0v) is 10.3. The number of hydrogen-bond donors (Lipinski definition) is 1. The molecule has 0 aliphatic rings. The van der Waals surface area contributed by atoms with E-state index in [0.717, 1.165) is 0 Å². The maximum atomic E-state index is 13.8. The minimum Gasteiger partial charge on any atom is -0.488 e. The molecule has 0 unspecified atom stereocenters. The second-order valence-electron chi connectivity index (χ2n) is 4.14. The summed E-state index contributed by atoms with van der Waals surface area (Å²) in [5, 5.41) is 0. The average molecular weight is 250 g/mol. The Hall–Kier alpha value is -1.88. The molecular formula is C13H15FN2O2. The third kappa shape index (κ3) is 2.68. The van der Waals surface area contributed by atoms with Gasteiger partial charge in [0.15, 0.2) is 11.6 Å². The maximum absolute atomic E-state index is 13.8. The van der Waals surface area contributed by atoms with Gasteiger partial charge < -0.3 is 14.9 Å². The fourth-order valence-electron chi connectivity index (χ4n) is 1.55. The number of halogens is 1. The van der Waals surface area contributed by atoms with Gasteiger partial charge in [-0.25, -0.2) is 9.37 Å². The number of hydrogen-bond acceptors (Lipinski definition) is 4. The van der Waals surface area contributed by atoms with Crippen molar-refractivity contribution in [2.24, 2.45) is 5.73 Å². The van der Waals surface area contributed by atoms with Gasteiger partial charge in [-0.15, -0.1) is 0 Å². The first-order valence-electron chi connectivity index (χ1n) is 5.71. The molecule has 0 aliphatic carbocycles. The first kappa shape index (κ1) is 12.6. The van der Waals surface area contributed by atoms with Crippen molar-refractivity contribution >= 4 is 0 Å². The Labute approximate surface area is 105 Å². The molecule has 1 heterocycles. The fourth-order valence-corrected chi connectivity index (χ4v) is 1.55. The molecule has 0 fully saturated rings. The van der Waals surface area contributed by atoms with E-state index in [0.29, 0.717) is 17.1 Å². The van der Waals surface area contributed by atoms with Crippen LogP contribution in [0, 0.1) is 5.82 Å². The van der Waals surface area contributed by atoms with Crippen LogP contribution in [0.4, 0.5) is 4.39 Å². The molecule has 96 valence electrons. The first-order valence-corrected chi connectivity index (χ1v) is 5.71. The summed E-state index contributed by atoms with van der Waals surface area (Å²) in [5.74, 6) is 0.239. The zero-order valence-electron chi connectivity index (χ0n) is 10.3. The lowest BCUT2D eigenvalue weighted by Gasteiger charge is -2.10. The van der Waals surface area contributed by atoms with Gasteiger partial charge in [0.05, 0.1) is 12.6 Å². The van der Waals surface area contributed by atoms with Crippen LogP contribution in [0.3, 0.4) is 0 Å². The van der Waals surface area contributed by atoms with E-state index in [1.807, 2.05) is 13.8 Å². The predicted octanol–water partition coefficient (Wildman–Crippen LogP) is 2.73. The Morgan fingerprint density at radius 1 is 1.44 bits per heavy atom. The molecule has 0 aliphatic heterocycles. The van der Waals surface area contributed by atoms with E-state index >= 15 is 0 Å². The molecule has 0 radical (unpaired) electrons. The number of benzene rings is 1. The van der Waals surface area contributed by atoms with E-state index in [-0.39, 0.29) is 18.4 Å². The summed E-state index contributed by atoms with van der Waals surface area (Å²) in [7, 11) is 0. The van der Waals surface area contributed by atoms with Crippen LogP contribution in [0.25, 0.3) is 11.3 Å². The molecule has 0 atom stereocenters. The van der Waals surface area contributed by atoms with Gasteiger partial charge in [-0.3, -0.25) is 0 Å². The fraction of sp³-hybridized carbons (Fsp3) is 0.308. The Kier molecular flexibility index (Phi) is 3.62. The Bertz CT molecular complexity index is 538. The molecule has 5 heteroatoms. The van der Waals surface area contributed by atoms with Crippen molar-refractivity contribution in [2.45, 2.75) is 26.5 Å². The lowest BCUT2D eigenvalue weighted by atomic mass is 10.1. The number of ether oxygens (including phenoxy) is 1. The second-order valence-corrected chi connectivity index (χ2v) is 4.14. The van der Waals surface area contributed by atoms with Crippen LogP contribution < -0.4 is 10.5 Å². The van der Waals surface area contributed by atoms with E-state index in [1.54, 1.807) is 12.1 Å². The highest BCUT2D eigenvalue weighted by Gasteiger charge is 2.10. The average Bonchev–Trinajstić information content (AvgIpc) is 2.80. The number of oxazole rings is 1. The molecule has 18 heavy (non-hydrogen) atoms. The predicted molar refractivity (Wildman–Crippen MR) is 65.6 cm³/mol. The number of aromatic nitrogens is 1. The number of nitrogens with zero attached hydrogens (tertiary/aromatic N) is 1. The lowest BCUT2D eigenvalue weighted by molar-refractivity contribution is 0.231. The molecule has 0 saturated carbocycles. The Balaban J connectivity index is 2.28. The highest BCUT2D eigenvalue weighted by molar-refractivity contribution is 5.59. The highest BCUT2D eigenvalue weighted by atomic mass is 19.1. The third-order valence-corrected chi connectivity index (χ3v) is 2.32. The number of rotatable bonds is 4. The first-order chi connectivity index (χ1) is 8.60. The van der Waals surface area contributed by atoms with E-state index in [4.69, 9.17) is 14.9 Å². The van der Waals surface area contributed by atoms with Gasteiger partial charge in [-0.05, 0) is 32.0 Å². The smallest absolute Gasteiger partial charge is 0.208 e. The van der Waals surface area contributed by atoms with Crippen molar-refractivity contribution in [1.29, 1.82) is 0 Å². The van der Waals surface area contributed by atoms with Crippen molar-refractivity contribution in [1.82, 2.24) is 4.98 Å². The molecule has 0 amide bonds. The SMILES string of the molecule is CC(C)Oc1ccc(-c2coc(CN)n2)cc1F. The van der Waals surface area contributed by atoms with Crippen LogP contribution in [0.5, 0.6) is 5.75 Å². The van der Waals surface area contributed by atoms with Crippen LogP contribution in [-0.4, -0.2) is 11.1 Å². The van der Waals surface area contributed by atoms with Gasteiger partial charge in [0, 0.05) is 5.56 Å². The largest absolute Gasteiger partial charge is 0.488 e. The van der Waals surface area contributed by atoms with Crippen LogP contribution in [0.2, 0.25) is 0 Å². The summed E-state index contributed by atoms with van der Waals surface area (Å²) in [6.07, 6.45) is 1.39. The van der Waals surface area contributed by atoms with E-state index < -0.39 is 5.82 Å². The molecule has 2 N–H and O–H groups in total. The van der Waals surface area contributed by atoms with Crippen LogP contribution >= 0.6 is 0 Å². The van der Waals surface area contributed by atoms with Crippen LogP contribution in [0.15, 0.2) is 28.9 Å². The van der Waals surface area contributed by atoms with E-state index in [2.05, 4.69) is 4.98 Å². The summed E-state index contributed by atoms with van der Waals surface area (Å²) in [6, 6.07) is 4.69. The van der Waals surface area contributed by atoms with E-state index in [1.165, 1.54) is 12.3 Å². The normalized spacial score (nSPS) is 10.9. The molecular weight excluding hydrogens is 235 g/mol. The van der Waals surface area contributed by atoms with Crippen molar-refractivity contribution in [3.63, 3.8) is 0 Å². The van der Waals surface area contributed by atoms with Crippen molar-refractivity contribution in [3.8, 4) is 17.0 Å². The molecule has 0 spiro atoms. The summed E-state index contributed by atoms with van der Waals surface area (Å²) < 4.78 is 24.2.